The monoisotopic (exact) mass is 345 g/mol. The lowest BCUT2D eigenvalue weighted by molar-refractivity contribution is -0.137. The fourth-order valence-corrected chi connectivity index (χ4v) is 3.92. The molecule has 4 rings (SSSR count). The second kappa shape index (κ2) is 7.20. The summed E-state index contributed by atoms with van der Waals surface area (Å²) in [7, 11) is 1.69. The van der Waals surface area contributed by atoms with Crippen LogP contribution in [0.5, 0.6) is 5.75 Å². The summed E-state index contributed by atoms with van der Waals surface area (Å²) in [6.07, 6.45) is 2.52. The number of fused-ring (bicyclic) bond motifs is 1. The van der Waals surface area contributed by atoms with E-state index in [0.29, 0.717) is 13.0 Å². The Morgan fingerprint density at radius 3 is 2.62 bits per heavy atom. The van der Waals surface area contributed by atoms with Crippen molar-refractivity contribution in [2.24, 2.45) is 0 Å². The van der Waals surface area contributed by atoms with Gasteiger partial charge in [0.25, 0.3) is 0 Å². The molecule has 0 aliphatic carbocycles. The van der Waals surface area contributed by atoms with Gasteiger partial charge in [-0.25, -0.2) is 0 Å². The number of likely N-dealkylation sites (tertiary alicyclic amines) is 1. The van der Waals surface area contributed by atoms with Gasteiger partial charge in [0.1, 0.15) is 5.75 Å². The number of nitrogens with zero attached hydrogens (tertiary/aromatic N) is 1. The molecular formula is C23H23NO2. The molecule has 1 saturated heterocycles. The maximum Gasteiger partial charge on any atom is 0.223 e. The van der Waals surface area contributed by atoms with Crippen LogP contribution in [-0.4, -0.2) is 17.9 Å². The average molecular weight is 345 g/mol. The van der Waals surface area contributed by atoms with Crippen LogP contribution in [0.25, 0.3) is 10.8 Å². The highest BCUT2D eigenvalue weighted by molar-refractivity contribution is 5.83. The molecule has 0 unspecified atom stereocenters. The standard InChI is InChI=1S/C23H23NO2/c1-26-22-11-5-4-9-20(22)21-10-6-12-23(25)24(21)16-17-13-14-18-7-2-3-8-19(18)15-17/h2-5,7-9,11,13-15,21H,6,10,12,16H2,1H3/t21-/m0/s1. The van der Waals surface area contributed by atoms with Crippen molar-refractivity contribution in [2.45, 2.75) is 31.8 Å². The number of methoxy groups -OCH3 is 1. The fraction of sp³-hybridized carbons (Fsp3) is 0.261. The van der Waals surface area contributed by atoms with Crippen molar-refractivity contribution < 1.29 is 9.53 Å². The van der Waals surface area contributed by atoms with Crippen LogP contribution in [0.1, 0.15) is 36.4 Å². The normalized spacial score (nSPS) is 17.5. The minimum absolute atomic E-state index is 0.0684. The number of carbonyl (C=O) groups excluding carboxylic acids is 1. The van der Waals surface area contributed by atoms with E-state index in [4.69, 9.17) is 4.74 Å². The second-order valence-electron chi connectivity index (χ2n) is 6.85. The molecular weight excluding hydrogens is 322 g/mol. The molecule has 0 spiro atoms. The third-order valence-electron chi connectivity index (χ3n) is 5.23. The molecule has 1 atom stereocenters. The Balaban J connectivity index is 1.67. The van der Waals surface area contributed by atoms with Gasteiger partial charge in [0.15, 0.2) is 0 Å². The van der Waals surface area contributed by atoms with E-state index in [9.17, 15) is 4.79 Å². The largest absolute Gasteiger partial charge is 0.496 e. The summed E-state index contributed by atoms with van der Waals surface area (Å²) in [6, 6.07) is 22.9. The molecule has 1 aliphatic rings. The summed E-state index contributed by atoms with van der Waals surface area (Å²) in [6.45, 7) is 0.631. The first kappa shape index (κ1) is 16.6. The fourth-order valence-electron chi connectivity index (χ4n) is 3.92. The first-order valence-corrected chi connectivity index (χ1v) is 9.16. The van der Waals surface area contributed by atoms with Crippen LogP contribution in [0.15, 0.2) is 66.7 Å². The Morgan fingerprint density at radius 2 is 1.77 bits per heavy atom. The van der Waals surface area contributed by atoms with E-state index in [1.54, 1.807) is 7.11 Å². The Labute approximate surface area is 154 Å². The lowest BCUT2D eigenvalue weighted by atomic mass is 9.93. The van der Waals surface area contributed by atoms with Crippen LogP contribution in [0, 0.1) is 0 Å². The topological polar surface area (TPSA) is 29.5 Å². The zero-order valence-corrected chi connectivity index (χ0v) is 15.0. The van der Waals surface area contributed by atoms with Crippen molar-refractivity contribution in [3.8, 4) is 5.75 Å². The van der Waals surface area contributed by atoms with Gasteiger partial charge in [0.05, 0.1) is 13.2 Å². The van der Waals surface area contributed by atoms with Crippen molar-refractivity contribution in [2.75, 3.05) is 7.11 Å². The molecule has 3 aromatic rings. The first-order chi connectivity index (χ1) is 12.8. The lowest BCUT2D eigenvalue weighted by Gasteiger charge is -2.36. The molecule has 0 N–H and O–H groups in total. The van der Waals surface area contributed by atoms with Gasteiger partial charge in [-0.1, -0.05) is 54.6 Å². The molecule has 3 aromatic carbocycles. The molecule has 0 saturated carbocycles. The smallest absolute Gasteiger partial charge is 0.223 e. The van der Waals surface area contributed by atoms with E-state index in [0.717, 1.165) is 24.2 Å². The number of rotatable bonds is 4. The third-order valence-corrected chi connectivity index (χ3v) is 5.23. The molecule has 0 radical (unpaired) electrons. The minimum atomic E-state index is 0.0684. The van der Waals surface area contributed by atoms with E-state index < -0.39 is 0 Å². The lowest BCUT2D eigenvalue weighted by Crippen LogP contribution is -2.37. The van der Waals surface area contributed by atoms with Crippen molar-refractivity contribution in [3.63, 3.8) is 0 Å². The predicted octanol–water partition coefficient (Wildman–Crippen LogP) is 5.10. The van der Waals surface area contributed by atoms with Gasteiger partial charge >= 0.3 is 0 Å². The summed E-state index contributed by atoms with van der Waals surface area (Å²) < 4.78 is 5.55. The molecule has 132 valence electrons. The number of piperidine rings is 1. The highest BCUT2D eigenvalue weighted by atomic mass is 16.5. The summed E-state index contributed by atoms with van der Waals surface area (Å²) >= 11 is 0. The van der Waals surface area contributed by atoms with Gasteiger partial charge in [-0.2, -0.15) is 0 Å². The van der Waals surface area contributed by atoms with Gasteiger partial charge in [0, 0.05) is 18.5 Å². The molecule has 3 nitrogen and oxygen atoms in total. The van der Waals surface area contributed by atoms with Crippen LogP contribution in [-0.2, 0) is 11.3 Å². The quantitative estimate of drug-likeness (QED) is 0.658. The highest BCUT2D eigenvalue weighted by Gasteiger charge is 2.30. The minimum Gasteiger partial charge on any atom is -0.496 e. The molecule has 0 bridgehead atoms. The van der Waals surface area contributed by atoms with Crippen LogP contribution >= 0.6 is 0 Å². The van der Waals surface area contributed by atoms with E-state index in [2.05, 4.69) is 42.5 Å². The summed E-state index contributed by atoms with van der Waals surface area (Å²) in [5.41, 5.74) is 2.27. The second-order valence-corrected chi connectivity index (χ2v) is 6.85. The summed E-state index contributed by atoms with van der Waals surface area (Å²) in [4.78, 5) is 14.8. The number of benzene rings is 3. The Kier molecular flexibility index (Phi) is 4.61. The van der Waals surface area contributed by atoms with Gasteiger partial charge in [-0.05, 0) is 41.3 Å². The Bertz CT molecular complexity index is 934. The Hall–Kier alpha value is -2.81. The zero-order valence-electron chi connectivity index (χ0n) is 15.0. The number of hydrogen-bond acceptors (Lipinski definition) is 2. The molecule has 1 aliphatic heterocycles. The van der Waals surface area contributed by atoms with Crippen LogP contribution in [0.3, 0.4) is 0 Å². The Morgan fingerprint density at radius 1 is 1.00 bits per heavy atom. The number of hydrogen-bond donors (Lipinski definition) is 0. The molecule has 26 heavy (non-hydrogen) atoms. The maximum absolute atomic E-state index is 12.7. The highest BCUT2D eigenvalue weighted by Crippen LogP contribution is 2.37. The first-order valence-electron chi connectivity index (χ1n) is 9.16. The molecule has 1 amide bonds. The number of para-hydroxylation sites is 1. The number of amides is 1. The van der Waals surface area contributed by atoms with Crippen LogP contribution < -0.4 is 4.74 Å². The van der Waals surface area contributed by atoms with Gasteiger partial charge in [0.2, 0.25) is 5.91 Å². The molecule has 0 aromatic heterocycles. The SMILES string of the molecule is COc1ccccc1[C@@H]1CCCC(=O)N1Cc1ccc2ccccc2c1. The number of carbonyl (C=O) groups is 1. The maximum atomic E-state index is 12.7. The average Bonchev–Trinajstić information content (AvgIpc) is 2.69. The molecule has 1 heterocycles. The van der Waals surface area contributed by atoms with E-state index >= 15 is 0 Å². The van der Waals surface area contributed by atoms with Crippen LogP contribution in [0.2, 0.25) is 0 Å². The number of ether oxygens (including phenoxy) is 1. The predicted molar refractivity (Wildman–Crippen MR) is 104 cm³/mol. The van der Waals surface area contributed by atoms with Gasteiger partial charge in [-0.15, -0.1) is 0 Å². The molecule has 3 heteroatoms. The summed E-state index contributed by atoms with van der Waals surface area (Å²) in [5, 5.41) is 2.44. The van der Waals surface area contributed by atoms with Crippen LogP contribution in [0.4, 0.5) is 0 Å². The molecule has 1 fully saturated rings. The van der Waals surface area contributed by atoms with E-state index in [-0.39, 0.29) is 11.9 Å². The summed E-state index contributed by atoms with van der Waals surface area (Å²) in [5.74, 6) is 1.08. The van der Waals surface area contributed by atoms with Gasteiger partial charge in [-0.3, -0.25) is 4.79 Å². The van der Waals surface area contributed by atoms with Crippen molar-refractivity contribution in [1.29, 1.82) is 0 Å². The van der Waals surface area contributed by atoms with E-state index in [1.807, 2.05) is 29.2 Å². The van der Waals surface area contributed by atoms with Gasteiger partial charge < -0.3 is 9.64 Å². The zero-order chi connectivity index (χ0) is 17.9. The van der Waals surface area contributed by atoms with E-state index in [1.165, 1.54) is 16.3 Å². The third kappa shape index (κ3) is 3.17. The van der Waals surface area contributed by atoms with Crippen molar-refractivity contribution in [1.82, 2.24) is 4.90 Å². The van der Waals surface area contributed by atoms with Crippen molar-refractivity contribution in [3.05, 3.63) is 77.9 Å². The van der Waals surface area contributed by atoms with Crippen molar-refractivity contribution >= 4 is 16.7 Å².